The van der Waals surface area contributed by atoms with Gasteiger partial charge in [0.2, 0.25) is 11.8 Å². The summed E-state index contributed by atoms with van der Waals surface area (Å²) in [6.45, 7) is 2.77. The highest BCUT2D eigenvalue weighted by molar-refractivity contribution is 7.98. The first-order valence-electron chi connectivity index (χ1n) is 10.1. The largest absolute Gasteiger partial charge is 0.480 e. The number of aliphatic carboxylic acids is 1. The molecule has 0 saturated heterocycles. The highest BCUT2D eigenvalue weighted by Gasteiger charge is 2.37. The lowest BCUT2D eigenvalue weighted by molar-refractivity contribution is -0.146. The number of carboxylic acids is 1. The van der Waals surface area contributed by atoms with Gasteiger partial charge in [-0.05, 0) is 55.2 Å². The summed E-state index contributed by atoms with van der Waals surface area (Å²) >= 11 is 5.71. The van der Waals surface area contributed by atoms with Crippen molar-refractivity contribution in [2.45, 2.75) is 50.9 Å². The molecule has 0 spiro atoms. The molecule has 2 unspecified atom stereocenters. The zero-order valence-corrected chi connectivity index (χ0v) is 19.2. The smallest absolute Gasteiger partial charge is 0.326 e. The lowest BCUT2D eigenvalue weighted by atomic mass is 9.92. The number of thiol groups is 1. The summed E-state index contributed by atoms with van der Waals surface area (Å²) in [7, 11) is 0. The maximum Gasteiger partial charge on any atom is 0.326 e. The molecule has 0 aliphatic carbocycles. The Morgan fingerprint density at radius 1 is 1.30 bits per heavy atom. The molecule has 3 N–H and O–H groups in total. The van der Waals surface area contributed by atoms with Gasteiger partial charge in [0.25, 0.3) is 0 Å². The van der Waals surface area contributed by atoms with Crippen molar-refractivity contribution in [2.24, 2.45) is 0 Å². The number of rotatable bonds is 11. The second kappa shape index (κ2) is 12.2. The average Bonchev–Trinajstić information content (AvgIpc) is 2.74. The zero-order chi connectivity index (χ0) is 22.1. The zero-order valence-electron chi connectivity index (χ0n) is 17.5. The number of hydrogen-bond acceptors (Lipinski definition) is 6. The van der Waals surface area contributed by atoms with Crippen molar-refractivity contribution in [3.63, 3.8) is 0 Å². The highest BCUT2D eigenvalue weighted by atomic mass is 32.2. The summed E-state index contributed by atoms with van der Waals surface area (Å²) in [5.74, 6) is -0.302. The SMILES string of the molecule is CSCCC(NC(=O)C1Cc2ccccc2CN1C(=O)[C@H](C)NCCCS)C(=O)O. The highest BCUT2D eigenvalue weighted by Crippen LogP contribution is 2.24. The van der Waals surface area contributed by atoms with E-state index in [1.165, 1.54) is 11.8 Å². The van der Waals surface area contributed by atoms with Crippen LogP contribution in [0.3, 0.4) is 0 Å². The minimum atomic E-state index is -1.06. The van der Waals surface area contributed by atoms with E-state index in [0.717, 1.165) is 23.3 Å². The Morgan fingerprint density at radius 2 is 2.00 bits per heavy atom. The van der Waals surface area contributed by atoms with E-state index in [1.807, 2.05) is 30.5 Å². The van der Waals surface area contributed by atoms with Crippen LogP contribution in [0.2, 0.25) is 0 Å². The molecule has 0 bridgehead atoms. The van der Waals surface area contributed by atoms with E-state index in [1.54, 1.807) is 11.8 Å². The number of nitrogens with zero attached hydrogens (tertiary/aromatic N) is 1. The second-order valence-corrected chi connectivity index (χ2v) is 8.82. The van der Waals surface area contributed by atoms with E-state index in [2.05, 4.69) is 23.3 Å². The maximum atomic E-state index is 13.2. The van der Waals surface area contributed by atoms with Crippen molar-refractivity contribution < 1.29 is 19.5 Å². The third-order valence-electron chi connectivity index (χ3n) is 5.22. The minimum Gasteiger partial charge on any atom is -0.480 e. The van der Waals surface area contributed by atoms with Gasteiger partial charge in [-0.2, -0.15) is 24.4 Å². The molecule has 0 saturated carbocycles. The number of carbonyl (C=O) groups excluding carboxylic acids is 2. The average molecular weight is 454 g/mol. The first kappa shape index (κ1) is 24.6. The predicted octanol–water partition coefficient (Wildman–Crippen LogP) is 1.56. The topological polar surface area (TPSA) is 98.7 Å². The fourth-order valence-corrected chi connectivity index (χ4v) is 4.11. The van der Waals surface area contributed by atoms with Crippen LogP contribution in [0.5, 0.6) is 0 Å². The molecule has 3 atom stereocenters. The number of amides is 2. The Morgan fingerprint density at radius 3 is 2.63 bits per heavy atom. The lowest BCUT2D eigenvalue weighted by Crippen LogP contribution is -2.58. The number of carbonyl (C=O) groups is 3. The summed E-state index contributed by atoms with van der Waals surface area (Å²) in [5, 5.41) is 15.3. The number of thioether (sulfide) groups is 1. The Balaban J connectivity index is 2.20. The number of benzene rings is 1. The fraction of sp³-hybridized carbons (Fsp3) is 0.571. The summed E-state index contributed by atoms with van der Waals surface area (Å²) in [5.41, 5.74) is 2.02. The molecule has 1 aliphatic heterocycles. The van der Waals surface area contributed by atoms with E-state index in [0.29, 0.717) is 31.7 Å². The van der Waals surface area contributed by atoms with E-state index in [4.69, 9.17) is 0 Å². The van der Waals surface area contributed by atoms with Gasteiger partial charge in [0.15, 0.2) is 0 Å². The molecule has 1 aromatic rings. The third-order valence-corrected chi connectivity index (χ3v) is 6.18. The van der Waals surface area contributed by atoms with Crippen LogP contribution >= 0.6 is 24.4 Å². The number of hydrogen-bond donors (Lipinski definition) is 4. The second-order valence-electron chi connectivity index (χ2n) is 7.39. The van der Waals surface area contributed by atoms with Crippen LogP contribution in [0.15, 0.2) is 24.3 Å². The Kier molecular flexibility index (Phi) is 10.0. The van der Waals surface area contributed by atoms with Gasteiger partial charge < -0.3 is 20.6 Å². The molecule has 9 heteroatoms. The van der Waals surface area contributed by atoms with Crippen LogP contribution in [0.1, 0.15) is 30.9 Å². The van der Waals surface area contributed by atoms with Crippen LogP contribution in [0, 0.1) is 0 Å². The van der Waals surface area contributed by atoms with Gasteiger partial charge in [0, 0.05) is 13.0 Å². The van der Waals surface area contributed by atoms with E-state index < -0.39 is 30.0 Å². The van der Waals surface area contributed by atoms with Crippen molar-refractivity contribution >= 4 is 42.2 Å². The van der Waals surface area contributed by atoms with Gasteiger partial charge in [-0.25, -0.2) is 4.79 Å². The van der Waals surface area contributed by atoms with Crippen LogP contribution in [0.4, 0.5) is 0 Å². The predicted molar refractivity (Wildman–Crippen MR) is 123 cm³/mol. The van der Waals surface area contributed by atoms with Crippen molar-refractivity contribution in [2.75, 3.05) is 24.3 Å². The lowest BCUT2D eigenvalue weighted by Gasteiger charge is -2.38. The molecule has 0 radical (unpaired) electrons. The summed E-state index contributed by atoms with van der Waals surface area (Å²) in [6, 6.07) is 5.58. The van der Waals surface area contributed by atoms with Crippen LogP contribution in [-0.4, -0.2) is 70.2 Å². The quantitative estimate of drug-likeness (QED) is 0.300. The van der Waals surface area contributed by atoms with Gasteiger partial charge in [0.05, 0.1) is 6.04 Å². The number of nitrogens with one attached hydrogen (secondary N) is 2. The first-order chi connectivity index (χ1) is 14.4. The molecule has 0 aromatic heterocycles. The first-order valence-corrected chi connectivity index (χ1v) is 12.1. The molecule has 1 heterocycles. The number of carboxylic acid groups (broad SMARTS) is 1. The van der Waals surface area contributed by atoms with E-state index in [-0.39, 0.29) is 5.91 Å². The van der Waals surface area contributed by atoms with Crippen molar-refractivity contribution in [1.29, 1.82) is 0 Å². The molecule has 166 valence electrons. The van der Waals surface area contributed by atoms with Crippen molar-refractivity contribution in [3.8, 4) is 0 Å². The normalized spacial score (nSPS) is 17.7. The molecule has 1 aliphatic rings. The standard InChI is InChI=1S/C21H31N3O4S2/c1-14(22-9-5-10-29)20(26)24-13-16-7-4-3-6-15(16)12-18(24)19(25)23-17(21(27)28)8-11-30-2/h3-4,6-7,14,17-18,22,29H,5,8-13H2,1-2H3,(H,23,25)(H,27,28)/t14-,17?,18?/m0/s1. The van der Waals surface area contributed by atoms with Gasteiger partial charge in [0.1, 0.15) is 12.1 Å². The van der Waals surface area contributed by atoms with Gasteiger partial charge in [-0.1, -0.05) is 24.3 Å². The van der Waals surface area contributed by atoms with Crippen LogP contribution < -0.4 is 10.6 Å². The van der Waals surface area contributed by atoms with Gasteiger partial charge >= 0.3 is 5.97 Å². The summed E-state index contributed by atoms with van der Waals surface area (Å²) < 4.78 is 0. The summed E-state index contributed by atoms with van der Waals surface area (Å²) in [6.07, 6.45) is 3.43. The third kappa shape index (κ3) is 6.65. The van der Waals surface area contributed by atoms with E-state index in [9.17, 15) is 19.5 Å². The van der Waals surface area contributed by atoms with Crippen molar-refractivity contribution in [3.05, 3.63) is 35.4 Å². The van der Waals surface area contributed by atoms with Gasteiger partial charge in [-0.15, -0.1) is 0 Å². The molecule has 2 amide bonds. The van der Waals surface area contributed by atoms with Gasteiger partial charge in [-0.3, -0.25) is 9.59 Å². The maximum absolute atomic E-state index is 13.2. The molecule has 30 heavy (non-hydrogen) atoms. The molecule has 7 nitrogen and oxygen atoms in total. The molecule has 0 fully saturated rings. The fourth-order valence-electron chi connectivity index (χ4n) is 3.48. The molecular weight excluding hydrogens is 422 g/mol. The Labute approximate surface area is 187 Å². The minimum absolute atomic E-state index is 0.167. The molecule has 2 rings (SSSR count). The molecule has 1 aromatic carbocycles. The Bertz CT molecular complexity index is 747. The molecular formula is C21H31N3O4S2. The van der Waals surface area contributed by atoms with E-state index >= 15 is 0 Å². The number of fused-ring (bicyclic) bond motifs is 1. The van der Waals surface area contributed by atoms with Crippen LogP contribution in [-0.2, 0) is 27.3 Å². The van der Waals surface area contributed by atoms with Crippen LogP contribution in [0.25, 0.3) is 0 Å². The van der Waals surface area contributed by atoms with Crippen molar-refractivity contribution in [1.82, 2.24) is 15.5 Å². The summed E-state index contributed by atoms with van der Waals surface area (Å²) in [4.78, 5) is 39.4. The Hall–Kier alpha value is -1.71. The monoisotopic (exact) mass is 453 g/mol.